The number of amides is 1. The van der Waals surface area contributed by atoms with Crippen molar-refractivity contribution in [2.45, 2.75) is 66.5 Å². The predicted octanol–water partition coefficient (Wildman–Crippen LogP) is 5.89. The zero-order valence-corrected chi connectivity index (χ0v) is 20.7. The van der Waals surface area contributed by atoms with Crippen LogP contribution in [0.2, 0.25) is 0 Å². The van der Waals surface area contributed by atoms with Gasteiger partial charge < -0.3 is 14.7 Å². The number of nitrogens with zero attached hydrogens (tertiary/aromatic N) is 1. The Kier molecular flexibility index (Phi) is 6.73. The van der Waals surface area contributed by atoms with E-state index < -0.39 is 23.1 Å². The van der Waals surface area contributed by atoms with Gasteiger partial charge in [0, 0.05) is 12.0 Å². The van der Waals surface area contributed by atoms with Gasteiger partial charge in [0.05, 0.1) is 18.2 Å². The Hall–Kier alpha value is -3.08. The van der Waals surface area contributed by atoms with E-state index in [-0.39, 0.29) is 23.3 Å². The quantitative estimate of drug-likeness (QED) is 0.597. The molecule has 1 amide bonds. The lowest BCUT2D eigenvalue weighted by atomic mass is 9.81. The van der Waals surface area contributed by atoms with Crippen LogP contribution in [-0.4, -0.2) is 28.3 Å². The highest BCUT2D eigenvalue weighted by Gasteiger charge is 2.46. The first-order chi connectivity index (χ1) is 15.3. The molecule has 0 fully saturated rings. The van der Waals surface area contributed by atoms with E-state index in [2.05, 4.69) is 20.8 Å². The Morgan fingerprint density at radius 2 is 1.67 bits per heavy atom. The van der Waals surface area contributed by atoms with Crippen LogP contribution in [-0.2, 0) is 21.5 Å². The summed E-state index contributed by atoms with van der Waals surface area (Å²) in [4.78, 5) is 28.1. The molecule has 1 aliphatic heterocycles. The molecule has 0 spiro atoms. The first-order valence-electron chi connectivity index (χ1n) is 11.5. The van der Waals surface area contributed by atoms with Gasteiger partial charge >= 0.3 is 0 Å². The van der Waals surface area contributed by atoms with Crippen molar-refractivity contribution in [2.24, 2.45) is 5.41 Å². The molecule has 0 aromatic heterocycles. The fraction of sp³-hybridized carbons (Fsp3) is 0.429. The number of aliphatic hydroxyl groups is 1. The number of Topliss-reactive ketones (excluding diaryl/α,β-unsaturated/α-hetero) is 1. The Bertz CT molecular complexity index is 1070. The van der Waals surface area contributed by atoms with Gasteiger partial charge in [0.2, 0.25) is 0 Å². The van der Waals surface area contributed by atoms with Crippen molar-refractivity contribution in [1.82, 2.24) is 4.90 Å². The standard InChI is InChI=1S/C28H35NO4/c1-8-33-21-11-9-10-18(16-21)17-29-23(19-12-14-20(15-13-19)27(2,3)4)22(24(30)26(29)32)25(31)28(5,6)7/h9-16,23,30H,8,17H2,1-7H3. The molecule has 2 aromatic rings. The third kappa shape index (κ3) is 5.13. The van der Waals surface area contributed by atoms with E-state index in [1.165, 1.54) is 0 Å². The second-order valence-electron chi connectivity index (χ2n) is 10.6. The van der Waals surface area contributed by atoms with Crippen molar-refractivity contribution >= 4 is 11.7 Å². The predicted molar refractivity (Wildman–Crippen MR) is 130 cm³/mol. The number of hydrogen-bond acceptors (Lipinski definition) is 4. The summed E-state index contributed by atoms with van der Waals surface area (Å²) in [6.07, 6.45) is 0. The van der Waals surface area contributed by atoms with Crippen molar-refractivity contribution in [3.8, 4) is 5.75 Å². The van der Waals surface area contributed by atoms with E-state index in [1.54, 1.807) is 25.7 Å². The third-order valence-electron chi connectivity index (χ3n) is 5.88. The Labute approximate surface area is 197 Å². The molecular weight excluding hydrogens is 414 g/mol. The number of aliphatic hydroxyl groups excluding tert-OH is 1. The van der Waals surface area contributed by atoms with Crippen LogP contribution in [0.4, 0.5) is 0 Å². The summed E-state index contributed by atoms with van der Waals surface area (Å²) in [5, 5.41) is 10.8. The van der Waals surface area contributed by atoms with Gasteiger partial charge in [-0.15, -0.1) is 0 Å². The van der Waals surface area contributed by atoms with Crippen LogP contribution < -0.4 is 4.74 Å². The number of rotatable bonds is 6. The molecule has 33 heavy (non-hydrogen) atoms. The van der Waals surface area contributed by atoms with Crippen LogP contribution in [0.3, 0.4) is 0 Å². The average molecular weight is 450 g/mol. The highest BCUT2D eigenvalue weighted by atomic mass is 16.5. The van der Waals surface area contributed by atoms with Crippen molar-refractivity contribution in [1.29, 1.82) is 0 Å². The molecule has 176 valence electrons. The van der Waals surface area contributed by atoms with Gasteiger partial charge in [0.15, 0.2) is 11.5 Å². The summed E-state index contributed by atoms with van der Waals surface area (Å²) in [6, 6.07) is 14.9. The average Bonchev–Trinajstić information content (AvgIpc) is 2.97. The Morgan fingerprint density at radius 3 is 2.21 bits per heavy atom. The maximum Gasteiger partial charge on any atom is 0.290 e. The minimum atomic E-state index is -0.738. The van der Waals surface area contributed by atoms with Crippen LogP contribution in [0.1, 0.15) is 71.2 Å². The molecule has 5 nitrogen and oxygen atoms in total. The molecule has 1 aliphatic rings. The van der Waals surface area contributed by atoms with Gasteiger partial charge in [-0.3, -0.25) is 9.59 Å². The molecule has 0 saturated carbocycles. The summed E-state index contributed by atoms with van der Waals surface area (Å²) in [5.74, 6) is -0.505. The van der Waals surface area contributed by atoms with E-state index in [4.69, 9.17) is 4.74 Å². The lowest BCUT2D eigenvalue weighted by Crippen LogP contribution is -2.32. The van der Waals surface area contributed by atoms with Gasteiger partial charge in [-0.25, -0.2) is 0 Å². The van der Waals surface area contributed by atoms with Crippen molar-refractivity contribution < 1.29 is 19.4 Å². The number of ketones is 1. The fourth-order valence-corrected chi connectivity index (χ4v) is 4.06. The van der Waals surface area contributed by atoms with E-state index in [0.29, 0.717) is 6.61 Å². The van der Waals surface area contributed by atoms with Gasteiger partial charge in [-0.1, -0.05) is 77.9 Å². The highest BCUT2D eigenvalue weighted by Crippen LogP contribution is 2.42. The van der Waals surface area contributed by atoms with Crippen LogP contribution in [0, 0.1) is 5.41 Å². The summed E-state index contributed by atoms with van der Waals surface area (Å²) in [7, 11) is 0. The fourth-order valence-electron chi connectivity index (χ4n) is 4.06. The van der Waals surface area contributed by atoms with Crippen LogP contribution in [0.25, 0.3) is 0 Å². The summed E-state index contributed by atoms with van der Waals surface area (Å²) in [6.45, 7) is 14.5. The summed E-state index contributed by atoms with van der Waals surface area (Å²) in [5.41, 5.74) is 2.22. The first kappa shape index (κ1) is 24.6. The highest BCUT2D eigenvalue weighted by molar-refractivity contribution is 6.10. The van der Waals surface area contributed by atoms with Gasteiger partial charge in [-0.2, -0.15) is 0 Å². The van der Waals surface area contributed by atoms with Crippen molar-refractivity contribution in [2.75, 3.05) is 6.61 Å². The van der Waals surface area contributed by atoms with Crippen molar-refractivity contribution in [3.63, 3.8) is 0 Å². The Balaban J connectivity index is 2.07. The molecular formula is C28H35NO4. The van der Waals surface area contributed by atoms with E-state index >= 15 is 0 Å². The molecule has 0 radical (unpaired) electrons. The maximum absolute atomic E-state index is 13.4. The molecule has 0 bridgehead atoms. The molecule has 2 aromatic carbocycles. The largest absolute Gasteiger partial charge is 0.503 e. The maximum atomic E-state index is 13.4. The lowest BCUT2D eigenvalue weighted by molar-refractivity contribution is -0.130. The topological polar surface area (TPSA) is 66.8 Å². The number of carbonyl (C=O) groups excluding carboxylic acids is 2. The number of ether oxygens (including phenoxy) is 1. The monoisotopic (exact) mass is 449 g/mol. The van der Waals surface area contributed by atoms with E-state index in [9.17, 15) is 14.7 Å². The SMILES string of the molecule is CCOc1cccc(CN2C(=O)C(O)=C(C(=O)C(C)(C)C)C2c2ccc(C(C)(C)C)cc2)c1. The minimum Gasteiger partial charge on any atom is -0.503 e. The van der Waals surface area contributed by atoms with Crippen LogP contribution in [0.15, 0.2) is 59.9 Å². The zero-order valence-electron chi connectivity index (χ0n) is 20.7. The minimum absolute atomic E-state index is 0.0224. The molecule has 1 heterocycles. The van der Waals surface area contributed by atoms with Gasteiger partial charge in [-0.05, 0) is 41.2 Å². The van der Waals surface area contributed by atoms with Crippen LogP contribution in [0.5, 0.6) is 5.75 Å². The normalized spacial score (nSPS) is 17.0. The Morgan fingerprint density at radius 1 is 1.03 bits per heavy atom. The lowest BCUT2D eigenvalue weighted by Gasteiger charge is -2.29. The second kappa shape index (κ2) is 9.05. The van der Waals surface area contributed by atoms with Gasteiger partial charge in [0.1, 0.15) is 5.75 Å². The van der Waals surface area contributed by atoms with E-state index in [0.717, 1.165) is 22.4 Å². The molecule has 1 unspecified atom stereocenters. The van der Waals surface area contributed by atoms with Crippen molar-refractivity contribution in [3.05, 3.63) is 76.6 Å². The zero-order chi connectivity index (χ0) is 24.6. The molecule has 1 N–H and O–H groups in total. The molecule has 5 heteroatoms. The summed E-state index contributed by atoms with van der Waals surface area (Å²) >= 11 is 0. The summed E-state index contributed by atoms with van der Waals surface area (Å²) < 4.78 is 5.60. The number of carbonyl (C=O) groups is 2. The first-order valence-corrected chi connectivity index (χ1v) is 11.5. The molecule has 1 atom stereocenters. The molecule has 0 aliphatic carbocycles. The van der Waals surface area contributed by atoms with E-state index in [1.807, 2.05) is 55.5 Å². The molecule has 0 saturated heterocycles. The smallest absolute Gasteiger partial charge is 0.290 e. The van der Waals surface area contributed by atoms with Gasteiger partial charge in [0.25, 0.3) is 5.91 Å². The second-order valence-corrected chi connectivity index (χ2v) is 10.6. The van der Waals surface area contributed by atoms with Crippen LogP contribution >= 0.6 is 0 Å². The number of benzene rings is 2. The third-order valence-corrected chi connectivity index (χ3v) is 5.88. The molecule has 3 rings (SSSR count). The number of hydrogen-bond donors (Lipinski definition) is 1.